The molecule has 0 rings (SSSR count). The summed E-state index contributed by atoms with van der Waals surface area (Å²) in [7, 11) is 2.40. The fraction of sp³-hybridized carbons (Fsp3) is 1.00. The molecule has 0 fully saturated rings. The highest BCUT2D eigenvalue weighted by Gasteiger charge is 1.97. The Kier molecular flexibility index (Phi) is 4.93. The monoisotopic (exact) mass is 125 g/mol. The van der Waals surface area contributed by atoms with Crippen LogP contribution in [0.25, 0.3) is 0 Å². The molecular weight excluding hydrogens is 107 g/mol. The quantitative estimate of drug-likeness (QED) is 0.506. The molecule has 0 aliphatic heterocycles. The van der Waals surface area contributed by atoms with Gasteiger partial charge < -0.3 is 0 Å². The van der Waals surface area contributed by atoms with Crippen LogP contribution in [-0.4, -0.2) is 7.28 Å². The summed E-state index contributed by atoms with van der Waals surface area (Å²) in [6.45, 7) is 9.04. The van der Waals surface area contributed by atoms with E-state index in [-0.39, 0.29) is 0 Å². The molecule has 0 saturated carbocycles. The maximum absolute atomic E-state index is 2.40. The zero-order chi connectivity index (χ0) is 7.28. The minimum Gasteiger partial charge on any atom is -0.0780 e. The molecule has 0 heterocycles. The SMILES string of the molecule is CC(C)C[B]CC(C)C. The van der Waals surface area contributed by atoms with E-state index < -0.39 is 0 Å². The van der Waals surface area contributed by atoms with Gasteiger partial charge in [0.25, 0.3) is 0 Å². The minimum absolute atomic E-state index is 0.837. The van der Waals surface area contributed by atoms with Crippen molar-refractivity contribution in [3.63, 3.8) is 0 Å². The van der Waals surface area contributed by atoms with E-state index in [1.807, 2.05) is 0 Å². The second-order valence-electron chi connectivity index (χ2n) is 3.55. The lowest BCUT2D eigenvalue weighted by molar-refractivity contribution is 0.700. The van der Waals surface area contributed by atoms with Gasteiger partial charge in [-0.3, -0.25) is 0 Å². The standard InChI is InChI=1S/C8H18B/c1-7(2)5-9-6-8(3)4/h7-8H,5-6H2,1-4H3. The smallest absolute Gasteiger partial charge is 0.0780 e. The zero-order valence-corrected chi connectivity index (χ0v) is 7.15. The van der Waals surface area contributed by atoms with Gasteiger partial charge in [-0.2, -0.15) is 0 Å². The van der Waals surface area contributed by atoms with E-state index >= 15 is 0 Å². The van der Waals surface area contributed by atoms with Crippen molar-refractivity contribution in [3.8, 4) is 0 Å². The summed E-state index contributed by atoms with van der Waals surface area (Å²) >= 11 is 0. The van der Waals surface area contributed by atoms with E-state index in [0.29, 0.717) is 0 Å². The molecule has 0 amide bonds. The first-order valence-electron chi connectivity index (χ1n) is 3.94. The summed E-state index contributed by atoms with van der Waals surface area (Å²) in [5.74, 6) is 1.67. The molecule has 0 aromatic carbocycles. The van der Waals surface area contributed by atoms with Gasteiger partial charge in [-0.1, -0.05) is 52.2 Å². The average Bonchev–Trinajstić information content (AvgIpc) is 1.63. The summed E-state index contributed by atoms with van der Waals surface area (Å²) in [6.07, 6.45) is 2.55. The predicted molar refractivity (Wildman–Crippen MR) is 45.0 cm³/mol. The Hall–Kier alpha value is 0.0649. The van der Waals surface area contributed by atoms with Crippen LogP contribution in [0, 0.1) is 11.8 Å². The molecule has 1 heteroatoms. The molecule has 0 N–H and O–H groups in total. The predicted octanol–water partition coefficient (Wildman–Crippen LogP) is 2.84. The highest BCUT2D eigenvalue weighted by molar-refractivity contribution is 6.35. The highest BCUT2D eigenvalue weighted by Crippen LogP contribution is 2.05. The maximum Gasteiger partial charge on any atom is 0.110 e. The molecule has 0 aliphatic rings. The molecule has 1 radical (unpaired) electrons. The zero-order valence-electron chi connectivity index (χ0n) is 7.15. The number of hydrogen-bond donors (Lipinski definition) is 0. The van der Waals surface area contributed by atoms with Crippen LogP contribution in [-0.2, 0) is 0 Å². The van der Waals surface area contributed by atoms with Crippen molar-refractivity contribution in [2.75, 3.05) is 0 Å². The van der Waals surface area contributed by atoms with E-state index in [0.717, 1.165) is 11.8 Å². The first-order valence-corrected chi connectivity index (χ1v) is 3.94. The van der Waals surface area contributed by atoms with Crippen molar-refractivity contribution >= 4 is 7.28 Å². The molecule has 0 spiro atoms. The fourth-order valence-corrected chi connectivity index (χ4v) is 0.763. The lowest BCUT2D eigenvalue weighted by Gasteiger charge is -2.04. The van der Waals surface area contributed by atoms with Crippen LogP contribution in [0.2, 0.25) is 12.6 Å². The minimum atomic E-state index is 0.837. The van der Waals surface area contributed by atoms with Crippen LogP contribution in [0.4, 0.5) is 0 Å². The lowest BCUT2D eigenvalue weighted by Crippen LogP contribution is -1.99. The van der Waals surface area contributed by atoms with E-state index in [9.17, 15) is 0 Å². The van der Waals surface area contributed by atoms with Crippen molar-refractivity contribution in [1.29, 1.82) is 0 Å². The second kappa shape index (κ2) is 4.90. The van der Waals surface area contributed by atoms with Crippen LogP contribution in [0.3, 0.4) is 0 Å². The fourth-order valence-electron chi connectivity index (χ4n) is 0.763. The molecule has 9 heavy (non-hydrogen) atoms. The Bertz CT molecular complexity index is 49.6. The molecule has 0 bridgehead atoms. The third kappa shape index (κ3) is 8.06. The Balaban J connectivity index is 2.91. The van der Waals surface area contributed by atoms with Crippen molar-refractivity contribution < 1.29 is 0 Å². The number of hydrogen-bond acceptors (Lipinski definition) is 0. The lowest BCUT2D eigenvalue weighted by atomic mass is 9.64. The van der Waals surface area contributed by atoms with E-state index in [2.05, 4.69) is 35.0 Å². The summed E-state index contributed by atoms with van der Waals surface area (Å²) in [6, 6.07) is 0. The van der Waals surface area contributed by atoms with Crippen molar-refractivity contribution in [2.24, 2.45) is 11.8 Å². The van der Waals surface area contributed by atoms with E-state index in [1.165, 1.54) is 12.6 Å². The summed E-state index contributed by atoms with van der Waals surface area (Å²) < 4.78 is 0. The molecule has 0 aromatic heterocycles. The van der Waals surface area contributed by atoms with Gasteiger partial charge in [0.2, 0.25) is 0 Å². The van der Waals surface area contributed by atoms with Gasteiger partial charge in [0.1, 0.15) is 7.28 Å². The van der Waals surface area contributed by atoms with Gasteiger partial charge in [-0.05, 0) is 0 Å². The van der Waals surface area contributed by atoms with Crippen molar-refractivity contribution in [2.45, 2.75) is 40.3 Å². The third-order valence-corrected chi connectivity index (χ3v) is 1.28. The van der Waals surface area contributed by atoms with Crippen molar-refractivity contribution in [3.05, 3.63) is 0 Å². The van der Waals surface area contributed by atoms with E-state index in [4.69, 9.17) is 0 Å². The highest BCUT2D eigenvalue weighted by atomic mass is 13.9. The van der Waals surface area contributed by atoms with Crippen LogP contribution >= 0.6 is 0 Å². The summed E-state index contributed by atoms with van der Waals surface area (Å²) in [5.41, 5.74) is 0. The second-order valence-corrected chi connectivity index (χ2v) is 3.55. The normalized spacial score (nSPS) is 10.9. The molecule has 0 unspecified atom stereocenters. The molecule has 0 aliphatic carbocycles. The first kappa shape index (κ1) is 9.06. The van der Waals surface area contributed by atoms with Crippen LogP contribution in [0.1, 0.15) is 27.7 Å². The molecule has 0 saturated heterocycles. The third-order valence-electron chi connectivity index (χ3n) is 1.28. The van der Waals surface area contributed by atoms with Crippen LogP contribution < -0.4 is 0 Å². The Morgan fingerprint density at radius 2 is 1.22 bits per heavy atom. The van der Waals surface area contributed by atoms with E-state index in [1.54, 1.807) is 0 Å². The summed E-state index contributed by atoms with van der Waals surface area (Å²) in [4.78, 5) is 0. The maximum atomic E-state index is 2.40. The average molecular weight is 125 g/mol. The van der Waals surface area contributed by atoms with Crippen LogP contribution in [0.15, 0.2) is 0 Å². The molecular formula is C8H18B. The van der Waals surface area contributed by atoms with Gasteiger partial charge in [0, 0.05) is 0 Å². The van der Waals surface area contributed by atoms with Gasteiger partial charge in [0.05, 0.1) is 0 Å². The van der Waals surface area contributed by atoms with Gasteiger partial charge in [-0.15, -0.1) is 0 Å². The topological polar surface area (TPSA) is 0 Å². The first-order chi connectivity index (χ1) is 4.13. The van der Waals surface area contributed by atoms with Crippen molar-refractivity contribution in [1.82, 2.24) is 0 Å². The molecule has 0 nitrogen and oxygen atoms in total. The largest absolute Gasteiger partial charge is 0.110 e. The Morgan fingerprint density at radius 1 is 0.889 bits per heavy atom. The molecule has 0 atom stereocenters. The van der Waals surface area contributed by atoms with Gasteiger partial charge in [0.15, 0.2) is 0 Å². The summed E-state index contributed by atoms with van der Waals surface area (Å²) in [5, 5.41) is 0. The number of rotatable bonds is 4. The molecule has 53 valence electrons. The van der Waals surface area contributed by atoms with Crippen LogP contribution in [0.5, 0.6) is 0 Å². The van der Waals surface area contributed by atoms with Gasteiger partial charge >= 0.3 is 0 Å². The van der Waals surface area contributed by atoms with Gasteiger partial charge in [-0.25, -0.2) is 0 Å². The molecule has 0 aromatic rings. The Labute approximate surface area is 60.3 Å². The Morgan fingerprint density at radius 3 is 1.44 bits per heavy atom.